The molecule has 3 N–H and O–H groups in total. The first-order valence-electron chi connectivity index (χ1n) is 5.80. The predicted molar refractivity (Wildman–Crippen MR) is 78.5 cm³/mol. The number of hydrogen-bond donors (Lipinski definition) is 2. The molecule has 0 unspecified atom stereocenters. The summed E-state index contributed by atoms with van der Waals surface area (Å²) >= 11 is 1.20. The van der Waals surface area contributed by atoms with Crippen LogP contribution in [0.3, 0.4) is 0 Å². The first kappa shape index (κ1) is 14.9. The summed E-state index contributed by atoms with van der Waals surface area (Å²) in [5.41, 5.74) is 5.74. The van der Waals surface area contributed by atoms with Gasteiger partial charge in [0.2, 0.25) is 0 Å². The minimum absolute atomic E-state index is 0.0274. The average molecular weight is 308 g/mol. The van der Waals surface area contributed by atoms with Crippen LogP contribution in [0.1, 0.15) is 5.56 Å². The zero-order valence-corrected chi connectivity index (χ0v) is 11.8. The number of hydrogen-bond acceptors (Lipinski definition) is 7. The van der Waals surface area contributed by atoms with Crippen molar-refractivity contribution in [2.75, 3.05) is 12.8 Å². The fourth-order valence-electron chi connectivity index (χ4n) is 1.66. The highest BCUT2D eigenvalue weighted by molar-refractivity contribution is 7.98. The van der Waals surface area contributed by atoms with E-state index in [1.807, 2.05) is 0 Å². The number of ether oxygens (including phenoxy) is 1. The average Bonchev–Trinajstić information content (AvgIpc) is 2.43. The molecule has 0 saturated heterocycles. The molecule has 0 spiro atoms. The van der Waals surface area contributed by atoms with E-state index in [2.05, 4.69) is 9.97 Å². The first-order chi connectivity index (χ1) is 9.99. The molecule has 110 valence electrons. The van der Waals surface area contributed by atoms with Crippen LogP contribution in [0, 0.1) is 10.1 Å². The molecule has 0 aliphatic carbocycles. The van der Waals surface area contributed by atoms with Gasteiger partial charge in [-0.15, -0.1) is 0 Å². The minimum atomic E-state index is -0.478. The molecule has 0 aliphatic heterocycles. The quantitative estimate of drug-likeness (QED) is 0.371. The van der Waals surface area contributed by atoms with Gasteiger partial charge in [0, 0.05) is 29.5 Å². The van der Waals surface area contributed by atoms with Crippen molar-refractivity contribution < 1.29 is 9.66 Å². The molecule has 1 aromatic carbocycles. The maximum absolute atomic E-state index is 11.3. The molecule has 21 heavy (non-hydrogen) atoms. The number of rotatable bonds is 5. The standard InChI is InChI=1S/C12H12N4O4S/c1-20-9-3-2-8(16(18)19)4-7(9)6-21-12-14-10(13)5-11(17)15-12/h2-5H,6H2,1H3,(H3,13,14,15,17). The Labute approximate surface area is 123 Å². The lowest BCUT2D eigenvalue weighted by molar-refractivity contribution is -0.384. The Hall–Kier alpha value is -2.55. The fourth-order valence-corrected chi connectivity index (χ4v) is 2.52. The molecule has 0 radical (unpaired) electrons. The van der Waals surface area contributed by atoms with Crippen molar-refractivity contribution in [1.29, 1.82) is 0 Å². The summed E-state index contributed by atoms with van der Waals surface area (Å²) < 4.78 is 5.16. The highest BCUT2D eigenvalue weighted by atomic mass is 32.2. The van der Waals surface area contributed by atoms with Gasteiger partial charge in [-0.25, -0.2) is 4.98 Å². The van der Waals surface area contributed by atoms with Crippen molar-refractivity contribution in [3.05, 3.63) is 50.3 Å². The van der Waals surface area contributed by atoms with Gasteiger partial charge in [-0.2, -0.15) is 0 Å². The van der Waals surface area contributed by atoms with Crippen LogP contribution in [-0.4, -0.2) is 22.0 Å². The SMILES string of the molecule is COc1ccc([N+](=O)[O-])cc1CSc1nc(N)cc(=O)[nH]1. The third-order valence-electron chi connectivity index (χ3n) is 2.58. The van der Waals surface area contributed by atoms with Crippen molar-refractivity contribution in [3.8, 4) is 5.75 Å². The van der Waals surface area contributed by atoms with Crippen LogP contribution >= 0.6 is 11.8 Å². The van der Waals surface area contributed by atoms with Gasteiger partial charge in [0.25, 0.3) is 11.2 Å². The number of H-pyrrole nitrogens is 1. The monoisotopic (exact) mass is 308 g/mol. The van der Waals surface area contributed by atoms with Crippen LogP contribution in [-0.2, 0) is 5.75 Å². The third kappa shape index (κ3) is 3.72. The number of nitrogens with one attached hydrogen (secondary N) is 1. The number of thioether (sulfide) groups is 1. The van der Waals surface area contributed by atoms with E-state index < -0.39 is 4.92 Å². The normalized spacial score (nSPS) is 10.3. The lowest BCUT2D eigenvalue weighted by Gasteiger charge is -2.07. The van der Waals surface area contributed by atoms with Gasteiger partial charge in [-0.1, -0.05) is 11.8 Å². The summed E-state index contributed by atoms with van der Waals surface area (Å²) in [6.45, 7) is 0. The smallest absolute Gasteiger partial charge is 0.270 e. The molecule has 9 heteroatoms. The second kappa shape index (κ2) is 6.27. The van der Waals surface area contributed by atoms with Crippen LogP contribution in [0.15, 0.2) is 34.2 Å². The number of methoxy groups -OCH3 is 1. The van der Waals surface area contributed by atoms with Crippen molar-refractivity contribution in [2.45, 2.75) is 10.9 Å². The highest BCUT2D eigenvalue weighted by Crippen LogP contribution is 2.29. The number of anilines is 1. The van der Waals surface area contributed by atoms with E-state index in [4.69, 9.17) is 10.5 Å². The van der Waals surface area contributed by atoms with Crippen LogP contribution in [0.2, 0.25) is 0 Å². The van der Waals surface area contributed by atoms with E-state index >= 15 is 0 Å². The van der Waals surface area contributed by atoms with Crippen molar-refractivity contribution in [3.63, 3.8) is 0 Å². The van der Waals surface area contributed by atoms with Crippen LogP contribution < -0.4 is 16.0 Å². The van der Waals surface area contributed by atoms with Gasteiger partial charge in [0.1, 0.15) is 11.6 Å². The largest absolute Gasteiger partial charge is 0.496 e. The van der Waals surface area contributed by atoms with Gasteiger partial charge in [-0.3, -0.25) is 14.9 Å². The molecular weight excluding hydrogens is 296 g/mol. The Balaban J connectivity index is 2.23. The number of nitrogens with two attached hydrogens (primary N) is 1. The number of non-ortho nitro benzene ring substituents is 1. The van der Waals surface area contributed by atoms with E-state index in [1.165, 1.54) is 43.1 Å². The molecule has 1 heterocycles. The first-order valence-corrected chi connectivity index (χ1v) is 6.79. The van der Waals surface area contributed by atoms with Crippen molar-refractivity contribution >= 4 is 23.3 Å². The Morgan fingerprint density at radius 1 is 1.48 bits per heavy atom. The molecule has 0 aliphatic rings. The number of nitrogens with zero attached hydrogens (tertiary/aromatic N) is 2. The molecule has 0 atom stereocenters. The van der Waals surface area contributed by atoms with Crippen LogP contribution in [0.4, 0.5) is 11.5 Å². The van der Waals surface area contributed by atoms with Crippen LogP contribution in [0.25, 0.3) is 0 Å². The number of nitro benzene ring substituents is 1. The van der Waals surface area contributed by atoms with Gasteiger partial charge in [0.05, 0.1) is 12.0 Å². The zero-order chi connectivity index (χ0) is 15.4. The lowest BCUT2D eigenvalue weighted by atomic mass is 10.2. The van der Waals surface area contributed by atoms with Gasteiger partial charge < -0.3 is 15.5 Å². The Kier molecular flexibility index (Phi) is 4.43. The topological polar surface area (TPSA) is 124 Å². The van der Waals surface area contributed by atoms with Gasteiger partial charge >= 0.3 is 0 Å². The second-order valence-corrected chi connectivity index (χ2v) is 4.98. The zero-order valence-electron chi connectivity index (χ0n) is 11.0. The maximum Gasteiger partial charge on any atom is 0.270 e. The molecule has 0 fully saturated rings. The summed E-state index contributed by atoms with van der Waals surface area (Å²) in [5, 5.41) is 11.1. The predicted octanol–water partition coefficient (Wildman–Crippen LogP) is 1.56. The number of benzene rings is 1. The summed E-state index contributed by atoms with van der Waals surface area (Å²) in [7, 11) is 1.48. The van der Waals surface area contributed by atoms with Crippen LogP contribution in [0.5, 0.6) is 5.75 Å². The molecule has 2 aromatic rings. The molecule has 2 rings (SSSR count). The Morgan fingerprint density at radius 3 is 2.86 bits per heavy atom. The molecular formula is C12H12N4O4S. The summed E-state index contributed by atoms with van der Waals surface area (Å²) in [5.74, 6) is 0.989. The number of aromatic amines is 1. The van der Waals surface area contributed by atoms with E-state index in [0.717, 1.165) is 0 Å². The van der Waals surface area contributed by atoms with Gasteiger partial charge in [0.15, 0.2) is 5.16 Å². The molecule has 0 amide bonds. The number of aromatic nitrogens is 2. The van der Waals surface area contributed by atoms with E-state index in [1.54, 1.807) is 0 Å². The summed E-state index contributed by atoms with van der Waals surface area (Å²) in [6.07, 6.45) is 0. The molecule has 0 bridgehead atoms. The summed E-state index contributed by atoms with van der Waals surface area (Å²) in [4.78, 5) is 28.1. The number of nitro groups is 1. The van der Waals surface area contributed by atoms with E-state index in [9.17, 15) is 14.9 Å². The maximum atomic E-state index is 11.3. The van der Waals surface area contributed by atoms with E-state index in [0.29, 0.717) is 22.2 Å². The molecule has 1 aromatic heterocycles. The molecule has 8 nitrogen and oxygen atoms in total. The second-order valence-electron chi connectivity index (χ2n) is 4.02. The lowest BCUT2D eigenvalue weighted by Crippen LogP contribution is -2.09. The number of nitrogen functional groups attached to an aromatic ring is 1. The Morgan fingerprint density at radius 2 is 2.24 bits per heavy atom. The van der Waals surface area contributed by atoms with E-state index in [-0.39, 0.29) is 17.1 Å². The fraction of sp³-hybridized carbons (Fsp3) is 0.167. The van der Waals surface area contributed by atoms with Crippen molar-refractivity contribution in [1.82, 2.24) is 9.97 Å². The molecule has 0 saturated carbocycles. The highest BCUT2D eigenvalue weighted by Gasteiger charge is 2.12. The Bertz CT molecular complexity index is 731. The van der Waals surface area contributed by atoms with Gasteiger partial charge in [-0.05, 0) is 6.07 Å². The van der Waals surface area contributed by atoms with Crippen molar-refractivity contribution in [2.24, 2.45) is 0 Å². The minimum Gasteiger partial charge on any atom is -0.496 e. The third-order valence-corrected chi connectivity index (χ3v) is 3.50. The summed E-state index contributed by atoms with van der Waals surface area (Å²) in [6, 6.07) is 5.51.